The number of carbonyl (C=O) groups excluding carboxylic acids is 3. The van der Waals surface area contributed by atoms with Crippen molar-refractivity contribution in [3.63, 3.8) is 0 Å². The molecule has 0 radical (unpaired) electrons. The summed E-state index contributed by atoms with van der Waals surface area (Å²) < 4.78 is 5.76. The Labute approximate surface area is 160 Å². The van der Waals surface area contributed by atoms with Crippen molar-refractivity contribution >= 4 is 23.3 Å². The van der Waals surface area contributed by atoms with E-state index in [1.807, 2.05) is 0 Å². The third-order valence-electron chi connectivity index (χ3n) is 4.41. The Kier molecular flexibility index (Phi) is 5.21. The van der Waals surface area contributed by atoms with Crippen LogP contribution in [0.25, 0.3) is 0 Å². The highest BCUT2D eigenvalue weighted by Gasteiger charge is 2.38. The summed E-state index contributed by atoms with van der Waals surface area (Å²) in [6, 6.07) is 11.6. The van der Waals surface area contributed by atoms with Crippen LogP contribution in [0.4, 0.5) is 5.69 Å². The Balaban J connectivity index is 1.96. The van der Waals surface area contributed by atoms with Gasteiger partial charge in [0.25, 0.3) is 17.5 Å². The van der Waals surface area contributed by atoms with E-state index in [9.17, 15) is 24.5 Å². The monoisotopic (exact) mass is 382 g/mol. The number of imide groups is 1. The van der Waals surface area contributed by atoms with Crippen molar-refractivity contribution in [3.05, 3.63) is 69.8 Å². The summed E-state index contributed by atoms with van der Waals surface area (Å²) >= 11 is 0. The van der Waals surface area contributed by atoms with E-state index in [0.717, 1.165) is 11.0 Å². The zero-order valence-corrected chi connectivity index (χ0v) is 15.3. The zero-order chi connectivity index (χ0) is 20.4. The lowest BCUT2D eigenvalue weighted by molar-refractivity contribution is -0.384. The first-order valence-electron chi connectivity index (χ1n) is 8.68. The molecule has 28 heavy (non-hydrogen) atoms. The first kappa shape index (κ1) is 19.2. The lowest BCUT2D eigenvalue weighted by Gasteiger charge is -2.24. The summed E-state index contributed by atoms with van der Waals surface area (Å²) in [5.41, 5.74) is -0.00621. The van der Waals surface area contributed by atoms with E-state index in [1.165, 1.54) is 24.3 Å². The Morgan fingerprint density at radius 1 is 1.18 bits per heavy atom. The molecule has 8 heteroatoms. The van der Waals surface area contributed by atoms with Crippen LogP contribution in [0.15, 0.2) is 48.5 Å². The predicted octanol–water partition coefficient (Wildman–Crippen LogP) is 2.86. The number of carbonyl (C=O) groups is 3. The van der Waals surface area contributed by atoms with E-state index in [-0.39, 0.29) is 28.5 Å². The van der Waals surface area contributed by atoms with Crippen LogP contribution in [0.3, 0.4) is 0 Å². The van der Waals surface area contributed by atoms with Gasteiger partial charge in [-0.2, -0.15) is 0 Å². The number of amides is 2. The van der Waals surface area contributed by atoms with Gasteiger partial charge in [-0.05, 0) is 18.1 Å². The molecule has 3 rings (SSSR count). The van der Waals surface area contributed by atoms with Crippen LogP contribution in [0.5, 0.6) is 5.75 Å². The molecule has 0 aliphatic carbocycles. The third-order valence-corrected chi connectivity index (χ3v) is 4.41. The SMILES string of the molecule is CC(C)[C@@H]1Oc2ccccc2C(=O)N(CC(=O)c2cccc([N+](=O)[O-])c2)C1=O. The second-order valence-electron chi connectivity index (χ2n) is 6.74. The van der Waals surface area contributed by atoms with Gasteiger partial charge < -0.3 is 4.74 Å². The van der Waals surface area contributed by atoms with Crippen LogP contribution >= 0.6 is 0 Å². The van der Waals surface area contributed by atoms with E-state index in [4.69, 9.17) is 4.74 Å². The van der Waals surface area contributed by atoms with Crippen LogP contribution in [-0.4, -0.2) is 40.1 Å². The van der Waals surface area contributed by atoms with E-state index < -0.39 is 35.2 Å². The standard InChI is InChI=1S/C20H18N2O6/c1-12(2)18-20(25)21(19(24)15-8-3-4-9-17(15)28-18)11-16(23)13-6-5-7-14(10-13)22(26)27/h3-10,12,18H,11H2,1-2H3/t18-/m0/s1. The highest BCUT2D eigenvalue weighted by Crippen LogP contribution is 2.28. The Morgan fingerprint density at radius 3 is 2.57 bits per heavy atom. The molecule has 0 aromatic heterocycles. The largest absolute Gasteiger partial charge is 0.479 e. The van der Waals surface area contributed by atoms with Crippen molar-refractivity contribution in [1.82, 2.24) is 4.90 Å². The second-order valence-corrected chi connectivity index (χ2v) is 6.74. The number of rotatable bonds is 5. The number of nitro benzene ring substituents is 1. The molecule has 1 heterocycles. The number of ether oxygens (including phenoxy) is 1. The number of para-hydroxylation sites is 1. The molecule has 2 amide bonds. The van der Waals surface area contributed by atoms with Gasteiger partial charge in [0.15, 0.2) is 11.9 Å². The highest BCUT2D eigenvalue weighted by atomic mass is 16.6. The quantitative estimate of drug-likeness (QED) is 0.341. The summed E-state index contributed by atoms with van der Waals surface area (Å²) in [6.45, 7) is 3.03. The fraction of sp³-hybridized carbons (Fsp3) is 0.250. The number of benzene rings is 2. The molecule has 0 saturated heterocycles. The lowest BCUT2D eigenvalue weighted by atomic mass is 10.0. The van der Waals surface area contributed by atoms with Crippen molar-refractivity contribution < 1.29 is 24.0 Å². The van der Waals surface area contributed by atoms with Gasteiger partial charge in [-0.1, -0.05) is 38.1 Å². The van der Waals surface area contributed by atoms with E-state index in [1.54, 1.807) is 32.0 Å². The maximum atomic E-state index is 12.9. The van der Waals surface area contributed by atoms with Crippen molar-refractivity contribution in [3.8, 4) is 5.75 Å². The zero-order valence-electron chi connectivity index (χ0n) is 15.3. The molecule has 0 fully saturated rings. The van der Waals surface area contributed by atoms with Crippen LogP contribution in [-0.2, 0) is 4.79 Å². The normalized spacial score (nSPS) is 16.4. The van der Waals surface area contributed by atoms with E-state index in [2.05, 4.69) is 0 Å². The molecule has 0 unspecified atom stereocenters. The van der Waals surface area contributed by atoms with Gasteiger partial charge in [0.1, 0.15) is 5.75 Å². The van der Waals surface area contributed by atoms with Crippen molar-refractivity contribution in [2.45, 2.75) is 20.0 Å². The Bertz CT molecular complexity index is 969. The fourth-order valence-corrected chi connectivity index (χ4v) is 2.93. The topological polar surface area (TPSA) is 107 Å². The fourth-order valence-electron chi connectivity index (χ4n) is 2.93. The third kappa shape index (κ3) is 3.62. The van der Waals surface area contributed by atoms with Gasteiger partial charge in [0.2, 0.25) is 0 Å². The number of nitro groups is 1. The van der Waals surface area contributed by atoms with Gasteiger partial charge >= 0.3 is 0 Å². The maximum Gasteiger partial charge on any atom is 0.271 e. The van der Waals surface area contributed by atoms with Crippen molar-refractivity contribution in [2.24, 2.45) is 5.92 Å². The number of nitrogens with zero attached hydrogens (tertiary/aromatic N) is 2. The number of Topliss-reactive ketones (excluding diaryl/α,β-unsaturated/α-hetero) is 1. The maximum absolute atomic E-state index is 12.9. The average Bonchev–Trinajstić information content (AvgIpc) is 2.78. The summed E-state index contributed by atoms with van der Waals surface area (Å²) in [4.78, 5) is 49.7. The lowest BCUT2D eigenvalue weighted by Crippen LogP contribution is -2.47. The van der Waals surface area contributed by atoms with Gasteiger partial charge in [0, 0.05) is 17.7 Å². The Morgan fingerprint density at radius 2 is 1.89 bits per heavy atom. The molecular formula is C20H18N2O6. The molecule has 144 valence electrons. The molecule has 0 saturated carbocycles. The minimum absolute atomic E-state index is 0.0503. The number of ketones is 1. The number of hydrogen-bond donors (Lipinski definition) is 0. The predicted molar refractivity (Wildman–Crippen MR) is 99.2 cm³/mol. The molecular weight excluding hydrogens is 364 g/mol. The molecule has 8 nitrogen and oxygen atoms in total. The molecule has 0 spiro atoms. The highest BCUT2D eigenvalue weighted by molar-refractivity contribution is 6.12. The number of non-ortho nitro benzene ring substituents is 1. The minimum atomic E-state index is -0.925. The molecule has 1 aliphatic rings. The Hall–Kier alpha value is -3.55. The molecule has 2 aromatic rings. The molecule has 0 bridgehead atoms. The number of hydrogen-bond acceptors (Lipinski definition) is 6. The molecule has 1 aliphatic heterocycles. The summed E-state index contributed by atoms with van der Waals surface area (Å²) in [5.74, 6) is -1.78. The van der Waals surface area contributed by atoms with Gasteiger partial charge in [-0.25, -0.2) is 0 Å². The molecule has 0 N–H and O–H groups in total. The van der Waals surface area contributed by atoms with Crippen LogP contribution in [0, 0.1) is 16.0 Å². The number of fused-ring (bicyclic) bond motifs is 1. The van der Waals surface area contributed by atoms with Gasteiger partial charge in [0.05, 0.1) is 17.0 Å². The second kappa shape index (κ2) is 7.59. The minimum Gasteiger partial charge on any atom is -0.479 e. The average molecular weight is 382 g/mol. The molecule has 2 aromatic carbocycles. The van der Waals surface area contributed by atoms with Crippen molar-refractivity contribution in [1.29, 1.82) is 0 Å². The smallest absolute Gasteiger partial charge is 0.271 e. The van der Waals surface area contributed by atoms with Gasteiger partial charge in [-0.15, -0.1) is 0 Å². The van der Waals surface area contributed by atoms with Crippen LogP contribution in [0.1, 0.15) is 34.6 Å². The van der Waals surface area contributed by atoms with Crippen LogP contribution < -0.4 is 4.74 Å². The summed E-state index contributed by atoms with van der Waals surface area (Å²) in [6.07, 6.45) is -0.925. The van der Waals surface area contributed by atoms with Crippen LogP contribution in [0.2, 0.25) is 0 Å². The summed E-state index contributed by atoms with van der Waals surface area (Å²) in [7, 11) is 0. The van der Waals surface area contributed by atoms with Crippen molar-refractivity contribution in [2.75, 3.05) is 6.54 Å². The first-order valence-corrected chi connectivity index (χ1v) is 8.68. The van der Waals surface area contributed by atoms with Gasteiger partial charge in [-0.3, -0.25) is 29.4 Å². The van der Waals surface area contributed by atoms with E-state index in [0.29, 0.717) is 0 Å². The molecule has 1 atom stereocenters. The van der Waals surface area contributed by atoms with E-state index >= 15 is 0 Å². The first-order chi connectivity index (χ1) is 13.3. The summed E-state index contributed by atoms with van der Waals surface area (Å²) in [5, 5.41) is 10.9.